The van der Waals surface area contributed by atoms with Crippen LogP contribution in [0.5, 0.6) is 0 Å². The van der Waals surface area contributed by atoms with E-state index in [1.54, 1.807) is 0 Å². The molecule has 2 rings (SSSR count). The average molecular weight is 267 g/mol. The minimum absolute atomic E-state index is 0.228. The monoisotopic (exact) mass is 267 g/mol. The highest BCUT2D eigenvalue weighted by molar-refractivity contribution is 5.73. The van der Waals surface area contributed by atoms with E-state index in [0.29, 0.717) is 11.5 Å². The summed E-state index contributed by atoms with van der Waals surface area (Å²) in [6, 6.07) is 0.273. The number of carbonyl (C=O) groups is 1. The topological polar surface area (TPSA) is 40.5 Å². The summed E-state index contributed by atoms with van der Waals surface area (Å²) >= 11 is 0. The lowest BCUT2D eigenvalue weighted by atomic mass is 9.85. The minimum atomic E-state index is -0.606. The van der Waals surface area contributed by atoms with Gasteiger partial charge in [0.1, 0.15) is 6.04 Å². The van der Waals surface area contributed by atoms with Gasteiger partial charge in [-0.1, -0.05) is 33.1 Å². The number of nitrogens with zero attached hydrogens (tertiary/aromatic N) is 1. The van der Waals surface area contributed by atoms with Gasteiger partial charge in [0, 0.05) is 6.04 Å². The summed E-state index contributed by atoms with van der Waals surface area (Å²) in [6.07, 6.45) is 10.4. The molecule has 2 unspecified atom stereocenters. The molecule has 1 saturated carbocycles. The summed E-state index contributed by atoms with van der Waals surface area (Å²) in [6.45, 7) is 5.70. The molecule has 1 saturated heterocycles. The SMILES string of the molecule is CC1(C)CCCC(N2CCCCCC2C(=O)O)CC1. The second kappa shape index (κ2) is 6.25. The molecule has 2 aliphatic rings. The Bertz CT molecular complexity index is 314. The second-order valence-corrected chi connectivity index (χ2v) is 7.19. The Morgan fingerprint density at radius 2 is 1.84 bits per heavy atom. The third-order valence-electron chi connectivity index (χ3n) is 5.09. The van der Waals surface area contributed by atoms with E-state index in [4.69, 9.17) is 0 Å². The van der Waals surface area contributed by atoms with Crippen molar-refractivity contribution < 1.29 is 9.90 Å². The molecule has 0 radical (unpaired) electrons. The first-order valence-corrected chi connectivity index (χ1v) is 7.98. The van der Waals surface area contributed by atoms with Crippen LogP contribution in [-0.2, 0) is 4.79 Å². The quantitative estimate of drug-likeness (QED) is 0.776. The summed E-state index contributed by atoms with van der Waals surface area (Å²) in [5.41, 5.74) is 0.444. The van der Waals surface area contributed by atoms with Crippen LogP contribution in [-0.4, -0.2) is 34.6 Å². The first-order valence-electron chi connectivity index (χ1n) is 7.98. The molecular formula is C16H29NO2. The van der Waals surface area contributed by atoms with E-state index in [1.807, 2.05) is 0 Å². The number of aliphatic carboxylic acids is 1. The van der Waals surface area contributed by atoms with Crippen molar-refractivity contribution in [3.8, 4) is 0 Å². The summed E-state index contributed by atoms with van der Waals surface area (Å²) in [5.74, 6) is -0.606. The zero-order valence-electron chi connectivity index (χ0n) is 12.5. The van der Waals surface area contributed by atoms with Gasteiger partial charge in [-0.3, -0.25) is 9.69 Å². The van der Waals surface area contributed by atoms with Gasteiger partial charge >= 0.3 is 5.97 Å². The van der Waals surface area contributed by atoms with Gasteiger partial charge in [0.25, 0.3) is 0 Å². The van der Waals surface area contributed by atoms with Crippen LogP contribution in [0.4, 0.5) is 0 Å². The van der Waals surface area contributed by atoms with Gasteiger partial charge in [0.2, 0.25) is 0 Å². The number of hydrogen-bond donors (Lipinski definition) is 1. The van der Waals surface area contributed by atoms with Crippen LogP contribution in [0.15, 0.2) is 0 Å². The third-order valence-corrected chi connectivity index (χ3v) is 5.09. The summed E-state index contributed by atoms with van der Waals surface area (Å²) in [5, 5.41) is 9.50. The third kappa shape index (κ3) is 3.95. The molecule has 0 aromatic rings. The Kier molecular flexibility index (Phi) is 4.88. The molecule has 0 bridgehead atoms. The number of carboxylic acids is 1. The van der Waals surface area contributed by atoms with Crippen molar-refractivity contribution in [2.45, 2.75) is 83.7 Å². The molecule has 1 aliphatic heterocycles. The molecular weight excluding hydrogens is 238 g/mol. The molecule has 0 spiro atoms. The first-order chi connectivity index (χ1) is 8.99. The minimum Gasteiger partial charge on any atom is -0.480 e. The highest BCUT2D eigenvalue weighted by Crippen LogP contribution is 2.36. The zero-order chi connectivity index (χ0) is 13.9. The maximum absolute atomic E-state index is 11.5. The fourth-order valence-corrected chi connectivity index (χ4v) is 3.81. The molecule has 1 heterocycles. The number of carboxylic acid groups (broad SMARTS) is 1. The number of hydrogen-bond acceptors (Lipinski definition) is 2. The summed E-state index contributed by atoms with van der Waals surface area (Å²) in [4.78, 5) is 13.9. The van der Waals surface area contributed by atoms with E-state index < -0.39 is 5.97 Å². The number of likely N-dealkylation sites (tertiary alicyclic amines) is 1. The average Bonchev–Trinajstić information content (AvgIpc) is 2.66. The van der Waals surface area contributed by atoms with Gasteiger partial charge in [-0.25, -0.2) is 0 Å². The van der Waals surface area contributed by atoms with Crippen molar-refractivity contribution in [2.75, 3.05) is 6.54 Å². The molecule has 3 nitrogen and oxygen atoms in total. The Hall–Kier alpha value is -0.570. The molecule has 0 aromatic heterocycles. The van der Waals surface area contributed by atoms with E-state index in [0.717, 1.165) is 19.4 Å². The van der Waals surface area contributed by atoms with Gasteiger partial charge in [-0.15, -0.1) is 0 Å². The van der Waals surface area contributed by atoms with E-state index in [1.165, 1.54) is 44.9 Å². The van der Waals surface area contributed by atoms with Crippen molar-refractivity contribution in [3.05, 3.63) is 0 Å². The van der Waals surface area contributed by atoms with Crippen LogP contribution in [0.1, 0.15) is 71.6 Å². The largest absolute Gasteiger partial charge is 0.480 e. The molecule has 2 atom stereocenters. The second-order valence-electron chi connectivity index (χ2n) is 7.19. The summed E-state index contributed by atoms with van der Waals surface area (Å²) in [7, 11) is 0. The van der Waals surface area contributed by atoms with E-state index in [-0.39, 0.29) is 6.04 Å². The standard InChI is InChI=1S/C16H29NO2/c1-16(2)10-6-7-13(9-11-16)17-12-5-3-4-8-14(17)15(18)19/h13-14H,3-12H2,1-2H3,(H,18,19). The van der Waals surface area contributed by atoms with E-state index in [9.17, 15) is 9.90 Å². The van der Waals surface area contributed by atoms with Gasteiger partial charge in [-0.2, -0.15) is 0 Å². The highest BCUT2D eigenvalue weighted by atomic mass is 16.4. The van der Waals surface area contributed by atoms with Crippen LogP contribution in [0.2, 0.25) is 0 Å². The van der Waals surface area contributed by atoms with Crippen molar-refractivity contribution in [2.24, 2.45) is 5.41 Å². The molecule has 1 aliphatic carbocycles. The lowest BCUT2D eigenvalue weighted by Crippen LogP contribution is -2.47. The van der Waals surface area contributed by atoms with Gasteiger partial charge in [0.15, 0.2) is 0 Å². The van der Waals surface area contributed by atoms with Crippen LogP contribution in [0.3, 0.4) is 0 Å². The molecule has 2 fully saturated rings. The van der Waals surface area contributed by atoms with Crippen LogP contribution >= 0.6 is 0 Å². The fraction of sp³-hybridized carbons (Fsp3) is 0.938. The van der Waals surface area contributed by atoms with Crippen molar-refractivity contribution in [1.82, 2.24) is 4.90 Å². The Morgan fingerprint density at radius 1 is 1.05 bits per heavy atom. The highest BCUT2D eigenvalue weighted by Gasteiger charge is 2.34. The van der Waals surface area contributed by atoms with Crippen LogP contribution < -0.4 is 0 Å². The molecule has 110 valence electrons. The predicted molar refractivity (Wildman–Crippen MR) is 77.3 cm³/mol. The van der Waals surface area contributed by atoms with Crippen molar-refractivity contribution in [1.29, 1.82) is 0 Å². The lowest BCUT2D eigenvalue weighted by Gasteiger charge is -2.34. The van der Waals surface area contributed by atoms with Crippen molar-refractivity contribution in [3.63, 3.8) is 0 Å². The van der Waals surface area contributed by atoms with E-state index >= 15 is 0 Å². The summed E-state index contributed by atoms with van der Waals surface area (Å²) < 4.78 is 0. The van der Waals surface area contributed by atoms with Crippen LogP contribution in [0.25, 0.3) is 0 Å². The molecule has 0 aromatic carbocycles. The Balaban J connectivity index is 2.06. The van der Waals surface area contributed by atoms with Crippen LogP contribution in [0, 0.1) is 5.41 Å². The van der Waals surface area contributed by atoms with Gasteiger partial charge < -0.3 is 5.11 Å². The van der Waals surface area contributed by atoms with E-state index in [2.05, 4.69) is 18.7 Å². The van der Waals surface area contributed by atoms with Crippen molar-refractivity contribution >= 4 is 5.97 Å². The Morgan fingerprint density at radius 3 is 2.58 bits per heavy atom. The molecule has 19 heavy (non-hydrogen) atoms. The maximum atomic E-state index is 11.5. The lowest BCUT2D eigenvalue weighted by molar-refractivity contribution is -0.144. The maximum Gasteiger partial charge on any atom is 0.320 e. The predicted octanol–water partition coefficient (Wildman–Crippen LogP) is 3.67. The normalized spacial score (nSPS) is 33.4. The molecule has 3 heteroatoms. The van der Waals surface area contributed by atoms with Gasteiger partial charge in [0.05, 0.1) is 0 Å². The number of rotatable bonds is 2. The molecule has 1 N–H and O–H groups in total. The Labute approximate surface area is 117 Å². The smallest absolute Gasteiger partial charge is 0.320 e. The molecule has 0 amide bonds. The van der Waals surface area contributed by atoms with Gasteiger partial charge in [-0.05, 0) is 50.5 Å². The fourth-order valence-electron chi connectivity index (χ4n) is 3.81. The zero-order valence-corrected chi connectivity index (χ0v) is 12.5. The first kappa shape index (κ1) is 14.8.